The lowest BCUT2D eigenvalue weighted by Gasteiger charge is -2.36. The summed E-state index contributed by atoms with van der Waals surface area (Å²) < 4.78 is 23.9. The Hall–Kier alpha value is -1.06. The molecule has 1 unspecified atom stereocenters. The van der Waals surface area contributed by atoms with Gasteiger partial charge in [-0.2, -0.15) is 0 Å². The van der Waals surface area contributed by atoms with Crippen LogP contribution in [0.3, 0.4) is 0 Å². The van der Waals surface area contributed by atoms with Crippen molar-refractivity contribution < 1.29 is 28.5 Å². The van der Waals surface area contributed by atoms with E-state index in [1.165, 1.54) is 0 Å². The van der Waals surface area contributed by atoms with Gasteiger partial charge in [0.25, 0.3) is 0 Å². The van der Waals surface area contributed by atoms with Crippen molar-refractivity contribution in [3.8, 4) is 0 Å². The number of nitrogens with one attached hydrogen (secondary N) is 1. The highest BCUT2D eigenvalue weighted by molar-refractivity contribution is 14.1. The first-order valence-corrected chi connectivity index (χ1v) is 19.8. The Kier molecular flexibility index (Phi) is 16.4. The van der Waals surface area contributed by atoms with E-state index in [4.69, 9.17) is 42.1 Å². The number of allylic oxidation sites excluding steroid dienone is 2. The zero-order valence-corrected chi connectivity index (χ0v) is 32.1. The number of dihydropyridines is 1. The molecule has 0 bridgehead atoms. The average molecular weight is 825 g/mol. The monoisotopic (exact) mass is 823 g/mol. The molecule has 47 heavy (non-hydrogen) atoms. The number of rotatable bonds is 16. The highest BCUT2D eigenvalue weighted by atomic mass is 127. The maximum absolute atomic E-state index is 14.2. The van der Waals surface area contributed by atoms with Gasteiger partial charge in [0.05, 0.1) is 44.2 Å². The van der Waals surface area contributed by atoms with Crippen molar-refractivity contribution in [2.45, 2.75) is 51.0 Å². The molecule has 262 valence electrons. The molecule has 0 saturated carbocycles. The van der Waals surface area contributed by atoms with Crippen LogP contribution in [0.1, 0.15) is 40.0 Å². The lowest BCUT2D eigenvalue weighted by molar-refractivity contribution is -0.148. The minimum absolute atomic E-state index is 0.0402. The minimum Gasteiger partial charge on any atom is -0.462 e. The van der Waals surface area contributed by atoms with Crippen LogP contribution in [0.5, 0.6) is 0 Å². The van der Waals surface area contributed by atoms with E-state index in [1.807, 2.05) is 19.1 Å². The summed E-state index contributed by atoms with van der Waals surface area (Å²) in [7, 11) is 0. The minimum atomic E-state index is -0.422. The van der Waals surface area contributed by atoms with Gasteiger partial charge in [0, 0.05) is 75.9 Å². The number of alkyl halides is 1. The summed E-state index contributed by atoms with van der Waals surface area (Å²) in [5.41, 5.74) is 2.68. The van der Waals surface area contributed by atoms with Crippen LogP contribution in [0.2, 0.25) is 10.0 Å². The van der Waals surface area contributed by atoms with Gasteiger partial charge in [0.1, 0.15) is 6.10 Å². The third-order valence-electron chi connectivity index (χ3n) is 8.44. The molecule has 13 heteroatoms. The predicted octanol–water partition coefficient (Wildman–Crippen LogP) is 6.21. The topological polar surface area (TPSA) is 89.6 Å². The molecule has 1 N–H and O–H groups in total. The largest absolute Gasteiger partial charge is 0.462 e. The third-order valence-corrected chi connectivity index (χ3v) is 10.7. The van der Waals surface area contributed by atoms with E-state index in [9.17, 15) is 9.59 Å². The van der Waals surface area contributed by atoms with Crippen molar-refractivity contribution in [3.05, 3.63) is 50.8 Å². The van der Waals surface area contributed by atoms with Gasteiger partial charge in [0.2, 0.25) is 0 Å². The SMILES string of the molecule is CCC1C(C(=O)OC(CN2CCOCC2)CN2CCOCC2)=C(CI)NC(C(C)C)=C1C(=O)OCCCCSc1cc(Cl)cc(Cl)c1. The number of hydrogen-bond donors (Lipinski definition) is 1. The summed E-state index contributed by atoms with van der Waals surface area (Å²) in [6.07, 6.45) is 1.82. The van der Waals surface area contributed by atoms with Gasteiger partial charge < -0.3 is 24.3 Å². The van der Waals surface area contributed by atoms with Crippen LogP contribution < -0.4 is 5.32 Å². The van der Waals surface area contributed by atoms with E-state index >= 15 is 0 Å². The summed E-state index contributed by atoms with van der Waals surface area (Å²) in [5.74, 6) is -0.277. The first-order valence-electron chi connectivity index (χ1n) is 16.6. The lowest BCUT2D eigenvalue weighted by Crippen LogP contribution is -2.49. The number of nitrogens with zero attached hydrogens (tertiary/aromatic N) is 2. The summed E-state index contributed by atoms with van der Waals surface area (Å²) in [4.78, 5) is 33.5. The zero-order chi connectivity index (χ0) is 33.8. The molecule has 0 amide bonds. The molecule has 3 aliphatic rings. The second kappa shape index (κ2) is 20.0. The van der Waals surface area contributed by atoms with Gasteiger partial charge in [-0.05, 0) is 49.1 Å². The van der Waals surface area contributed by atoms with Crippen LogP contribution in [-0.2, 0) is 28.5 Å². The molecule has 1 aromatic carbocycles. The maximum atomic E-state index is 14.2. The molecule has 9 nitrogen and oxygen atoms in total. The number of esters is 2. The summed E-state index contributed by atoms with van der Waals surface area (Å²) in [6.45, 7) is 13.6. The smallest absolute Gasteiger partial charge is 0.336 e. The molecular weight excluding hydrogens is 776 g/mol. The molecule has 2 fully saturated rings. The number of thioether (sulfide) groups is 1. The highest BCUT2D eigenvalue weighted by Crippen LogP contribution is 2.37. The Balaban J connectivity index is 1.43. The fourth-order valence-corrected chi connectivity index (χ4v) is 8.33. The third kappa shape index (κ3) is 11.8. The van der Waals surface area contributed by atoms with Crippen LogP contribution in [-0.4, -0.2) is 110 Å². The second-order valence-electron chi connectivity index (χ2n) is 12.2. The standard InChI is InChI=1S/C34H48Cl2IN3O6S/c1-4-28-30(34(42)46-26(21-39-7-12-43-13-8-39)22-40-9-14-44-15-10-40)29(20-37)38-32(23(2)3)31(28)33(41)45-11-5-6-16-47-27-18-24(35)17-25(36)19-27/h17-19,23,26,28,38H,4-16,20-22H2,1-3H3. The molecular formula is C34H48Cl2IN3O6S. The van der Waals surface area contributed by atoms with Crippen LogP contribution >= 0.6 is 57.6 Å². The molecule has 0 spiro atoms. The number of carbonyl (C=O) groups is 2. The van der Waals surface area contributed by atoms with Gasteiger partial charge in [-0.25, -0.2) is 9.59 Å². The van der Waals surface area contributed by atoms with E-state index < -0.39 is 5.92 Å². The van der Waals surface area contributed by atoms with E-state index in [1.54, 1.807) is 17.8 Å². The van der Waals surface area contributed by atoms with Gasteiger partial charge in [-0.15, -0.1) is 11.8 Å². The molecule has 0 aromatic heterocycles. The first kappa shape index (κ1) is 38.7. The van der Waals surface area contributed by atoms with Crippen molar-refractivity contribution in [2.24, 2.45) is 11.8 Å². The fraction of sp³-hybridized carbons (Fsp3) is 0.647. The number of morpholine rings is 2. The number of carbonyl (C=O) groups excluding carboxylic acids is 2. The van der Waals surface area contributed by atoms with E-state index in [-0.39, 0.29) is 24.0 Å². The van der Waals surface area contributed by atoms with Crippen LogP contribution in [0.15, 0.2) is 45.6 Å². The number of unbranched alkanes of at least 4 members (excludes halogenated alkanes) is 1. The predicted molar refractivity (Wildman–Crippen MR) is 196 cm³/mol. The summed E-state index contributed by atoms with van der Waals surface area (Å²) in [6, 6.07) is 5.51. The molecule has 0 radical (unpaired) electrons. The number of benzene rings is 1. The number of halogens is 3. The Morgan fingerprint density at radius 3 is 2.09 bits per heavy atom. The molecule has 0 aliphatic carbocycles. The van der Waals surface area contributed by atoms with Crippen molar-refractivity contribution in [1.82, 2.24) is 15.1 Å². The highest BCUT2D eigenvalue weighted by Gasteiger charge is 2.39. The molecule has 4 rings (SSSR count). The van der Waals surface area contributed by atoms with Crippen molar-refractivity contribution in [2.75, 3.05) is 82.5 Å². The van der Waals surface area contributed by atoms with Crippen molar-refractivity contribution in [3.63, 3.8) is 0 Å². The van der Waals surface area contributed by atoms with E-state index in [0.29, 0.717) is 78.2 Å². The maximum Gasteiger partial charge on any atom is 0.336 e. The summed E-state index contributed by atoms with van der Waals surface area (Å²) in [5, 5.41) is 4.70. The van der Waals surface area contributed by atoms with Gasteiger partial charge in [-0.1, -0.05) is 66.6 Å². The fourth-order valence-electron chi connectivity index (χ4n) is 6.07. The Labute approximate surface area is 307 Å². The van der Waals surface area contributed by atoms with E-state index in [2.05, 4.69) is 51.6 Å². The molecule has 3 heterocycles. The van der Waals surface area contributed by atoms with Crippen molar-refractivity contribution in [1.29, 1.82) is 0 Å². The van der Waals surface area contributed by atoms with Crippen LogP contribution in [0.25, 0.3) is 0 Å². The van der Waals surface area contributed by atoms with Crippen LogP contribution in [0.4, 0.5) is 0 Å². The first-order chi connectivity index (χ1) is 22.7. The number of hydrogen-bond acceptors (Lipinski definition) is 10. The Morgan fingerprint density at radius 2 is 1.55 bits per heavy atom. The normalized spacial score (nSPS) is 19.8. The van der Waals surface area contributed by atoms with Gasteiger partial charge in [0.15, 0.2) is 0 Å². The molecule has 1 atom stereocenters. The zero-order valence-electron chi connectivity index (χ0n) is 27.7. The number of ether oxygens (including phenoxy) is 4. The average Bonchev–Trinajstić information content (AvgIpc) is 3.05. The molecule has 1 aromatic rings. The summed E-state index contributed by atoms with van der Waals surface area (Å²) >= 11 is 16.2. The van der Waals surface area contributed by atoms with E-state index in [0.717, 1.165) is 61.1 Å². The Bertz CT molecular complexity index is 1230. The quantitative estimate of drug-likeness (QED) is 0.0683. The lowest BCUT2D eigenvalue weighted by atomic mass is 9.81. The second-order valence-corrected chi connectivity index (χ2v) is 15.0. The van der Waals surface area contributed by atoms with Crippen LogP contribution in [0, 0.1) is 11.8 Å². The Morgan fingerprint density at radius 1 is 0.957 bits per heavy atom. The molecule has 3 aliphatic heterocycles. The molecule has 2 saturated heterocycles. The van der Waals surface area contributed by atoms with Gasteiger partial charge >= 0.3 is 11.9 Å². The van der Waals surface area contributed by atoms with Gasteiger partial charge in [-0.3, -0.25) is 9.80 Å². The van der Waals surface area contributed by atoms with Crippen molar-refractivity contribution >= 4 is 69.5 Å².